The van der Waals surface area contributed by atoms with Crippen LogP contribution >= 0.6 is 0 Å². The molecule has 0 spiro atoms. The van der Waals surface area contributed by atoms with Gasteiger partial charge in [0.2, 0.25) is 10.0 Å². The zero-order valence-corrected chi connectivity index (χ0v) is 13.2. The molecule has 0 atom stereocenters. The lowest BCUT2D eigenvalue weighted by Crippen LogP contribution is -2.39. The lowest BCUT2D eigenvalue weighted by atomic mass is 9.99. The third-order valence-corrected chi connectivity index (χ3v) is 5.08. The van der Waals surface area contributed by atoms with Crippen molar-refractivity contribution in [2.24, 2.45) is 5.92 Å². The number of aldehydes is 1. The minimum atomic E-state index is -3.12. The van der Waals surface area contributed by atoms with Crippen LogP contribution in [-0.2, 0) is 10.0 Å². The van der Waals surface area contributed by atoms with Crippen LogP contribution in [0.4, 0.5) is 0 Å². The summed E-state index contributed by atoms with van der Waals surface area (Å²) in [6.45, 7) is 1.44. The SMILES string of the molecule is CS(=O)(=O)N1CCC(COc2ccc(C=O)cc2C#N)CC1. The highest BCUT2D eigenvalue weighted by molar-refractivity contribution is 7.88. The first-order valence-electron chi connectivity index (χ1n) is 7.01. The van der Waals surface area contributed by atoms with E-state index in [0.717, 1.165) is 12.8 Å². The Morgan fingerprint density at radius 1 is 1.41 bits per heavy atom. The van der Waals surface area contributed by atoms with E-state index in [9.17, 15) is 13.2 Å². The topological polar surface area (TPSA) is 87.5 Å². The summed E-state index contributed by atoms with van der Waals surface area (Å²) in [5.74, 6) is 0.717. The Bertz CT molecular complexity index is 686. The Hall–Kier alpha value is -1.91. The van der Waals surface area contributed by atoms with E-state index in [4.69, 9.17) is 10.00 Å². The maximum Gasteiger partial charge on any atom is 0.211 e. The summed E-state index contributed by atoms with van der Waals surface area (Å²) in [5, 5.41) is 9.08. The van der Waals surface area contributed by atoms with Crippen LogP contribution in [0.1, 0.15) is 28.8 Å². The zero-order chi connectivity index (χ0) is 16.2. The predicted molar refractivity (Wildman–Crippen MR) is 81.2 cm³/mol. The fraction of sp³-hybridized carbons (Fsp3) is 0.467. The molecule has 1 heterocycles. The van der Waals surface area contributed by atoms with Gasteiger partial charge in [-0.3, -0.25) is 4.79 Å². The molecule has 0 aliphatic carbocycles. The summed E-state index contributed by atoms with van der Waals surface area (Å²) in [6, 6.07) is 6.73. The quantitative estimate of drug-likeness (QED) is 0.765. The first-order chi connectivity index (χ1) is 10.4. The van der Waals surface area contributed by atoms with Crippen molar-refractivity contribution in [1.29, 1.82) is 5.26 Å². The van der Waals surface area contributed by atoms with Crippen LogP contribution in [0.15, 0.2) is 18.2 Å². The summed E-state index contributed by atoms with van der Waals surface area (Å²) in [4.78, 5) is 10.7. The minimum absolute atomic E-state index is 0.260. The van der Waals surface area contributed by atoms with Gasteiger partial charge in [-0.1, -0.05) is 0 Å². The molecule has 1 aromatic carbocycles. The summed E-state index contributed by atoms with van der Waals surface area (Å²) in [6.07, 6.45) is 3.38. The number of piperidine rings is 1. The van der Waals surface area contributed by atoms with Gasteiger partial charge in [0.25, 0.3) is 0 Å². The minimum Gasteiger partial charge on any atom is -0.492 e. The molecule has 1 aliphatic heterocycles. The molecule has 118 valence electrons. The Balaban J connectivity index is 1.92. The maximum atomic E-state index is 11.4. The van der Waals surface area contributed by atoms with Gasteiger partial charge in [-0.15, -0.1) is 0 Å². The zero-order valence-electron chi connectivity index (χ0n) is 12.4. The van der Waals surface area contributed by atoms with Crippen molar-refractivity contribution in [3.63, 3.8) is 0 Å². The summed E-state index contributed by atoms with van der Waals surface area (Å²) < 4.78 is 30.0. The highest BCUT2D eigenvalue weighted by Crippen LogP contribution is 2.23. The van der Waals surface area contributed by atoms with E-state index in [-0.39, 0.29) is 5.92 Å². The number of ether oxygens (including phenoxy) is 1. The Morgan fingerprint density at radius 2 is 2.09 bits per heavy atom. The fourth-order valence-electron chi connectivity index (χ4n) is 2.45. The second kappa shape index (κ2) is 6.90. The van der Waals surface area contributed by atoms with Crippen molar-refractivity contribution in [2.75, 3.05) is 26.0 Å². The fourth-order valence-corrected chi connectivity index (χ4v) is 3.32. The molecule has 0 unspecified atom stereocenters. The first-order valence-corrected chi connectivity index (χ1v) is 8.86. The van der Waals surface area contributed by atoms with Crippen molar-refractivity contribution in [1.82, 2.24) is 4.31 Å². The number of rotatable bonds is 5. The molecular formula is C15H18N2O4S. The Labute approximate surface area is 130 Å². The number of benzene rings is 1. The normalized spacial score (nSPS) is 16.9. The van der Waals surface area contributed by atoms with E-state index >= 15 is 0 Å². The molecule has 6 nitrogen and oxygen atoms in total. The van der Waals surface area contributed by atoms with E-state index in [0.29, 0.717) is 42.9 Å². The van der Waals surface area contributed by atoms with Gasteiger partial charge in [-0.2, -0.15) is 5.26 Å². The van der Waals surface area contributed by atoms with Crippen molar-refractivity contribution in [2.45, 2.75) is 12.8 Å². The summed E-state index contributed by atoms with van der Waals surface area (Å²) in [7, 11) is -3.12. The second-order valence-corrected chi connectivity index (χ2v) is 7.38. The average Bonchev–Trinajstić information content (AvgIpc) is 2.52. The molecular weight excluding hydrogens is 304 g/mol. The lowest BCUT2D eigenvalue weighted by Gasteiger charge is -2.30. The number of carbonyl (C=O) groups excluding carboxylic acids is 1. The highest BCUT2D eigenvalue weighted by Gasteiger charge is 2.25. The van der Waals surface area contributed by atoms with Crippen LogP contribution in [0.3, 0.4) is 0 Å². The van der Waals surface area contributed by atoms with Crippen molar-refractivity contribution < 1.29 is 17.9 Å². The predicted octanol–water partition coefficient (Wildman–Crippen LogP) is 1.42. The summed E-state index contributed by atoms with van der Waals surface area (Å²) in [5.41, 5.74) is 0.767. The number of sulfonamides is 1. The molecule has 0 amide bonds. The van der Waals surface area contributed by atoms with Crippen molar-refractivity contribution >= 4 is 16.3 Å². The number of hydrogen-bond donors (Lipinski definition) is 0. The molecule has 7 heteroatoms. The third kappa shape index (κ3) is 4.06. The summed E-state index contributed by atoms with van der Waals surface area (Å²) >= 11 is 0. The molecule has 0 N–H and O–H groups in total. The molecule has 1 aromatic rings. The largest absolute Gasteiger partial charge is 0.492 e. The number of nitriles is 1. The highest BCUT2D eigenvalue weighted by atomic mass is 32.2. The van der Waals surface area contributed by atoms with Crippen molar-refractivity contribution in [3.05, 3.63) is 29.3 Å². The van der Waals surface area contributed by atoms with Crippen LogP contribution in [-0.4, -0.2) is 45.0 Å². The number of hydrogen-bond acceptors (Lipinski definition) is 5. The smallest absolute Gasteiger partial charge is 0.211 e. The third-order valence-electron chi connectivity index (χ3n) is 3.78. The van der Waals surface area contributed by atoms with Gasteiger partial charge in [0.05, 0.1) is 18.4 Å². The molecule has 1 saturated heterocycles. The second-order valence-electron chi connectivity index (χ2n) is 5.40. The van der Waals surface area contributed by atoms with E-state index in [1.165, 1.54) is 16.6 Å². The van der Waals surface area contributed by atoms with Gasteiger partial charge >= 0.3 is 0 Å². The molecule has 0 bridgehead atoms. The van der Waals surface area contributed by atoms with E-state index in [1.807, 2.05) is 6.07 Å². The molecule has 0 radical (unpaired) electrons. The standard InChI is InChI=1S/C15H18N2O4S/c1-22(19,20)17-6-4-12(5-7-17)11-21-15-3-2-13(10-18)8-14(15)9-16/h2-3,8,10,12H,4-7,11H2,1H3. The molecule has 2 rings (SSSR count). The van der Waals surface area contributed by atoms with Gasteiger partial charge in [-0.05, 0) is 37.0 Å². The average molecular weight is 322 g/mol. The van der Waals surface area contributed by atoms with Gasteiger partial charge in [-0.25, -0.2) is 12.7 Å². The van der Waals surface area contributed by atoms with Crippen molar-refractivity contribution in [3.8, 4) is 11.8 Å². The number of nitrogens with zero attached hydrogens (tertiary/aromatic N) is 2. The Morgan fingerprint density at radius 3 is 2.64 bits per heavy atom. The lowest BCUT2D eigenvalue weighted by molar-refractivity contribution is 0.112. The molecule has 1 fully saturated rings. The van der Waals surface area contributed by atoms with Gasteiger partial charge < -0.3 is 4.74 Å². The van der Waals surface area contributed by atoms with Gasteiger partial charge in [0.15, 0.2) is 0 Å². The van der Waals surface area contributed by atoms with Crippen LogP contribution in [0, 0.1) is 17.2 Å². The van der Waals surface area contributed by atoms with E-state index in [1.54, 1.807) is 12.1 Å². The van der Waals surface area contributed by atoms with E-state index in [2.05, 4.69) is 0 Å². The van der Waals surface area contributed by atoms with Crippen LogP contribution in [0.2, 0.25) is 0 Å². The first kappa shape index (κ1) is 16.5. The molecule has 0 saturated carbocycles. The van der Waals surface area contributed by atoms with Crippen LogP contribution < -0.4 is 4.74 Å². The van der Waals surface area contributed by atoms with E-state index < -0.39 is 10.0 Å². The van der Waals surface area contributed by atoms with Crippen LogP contribution in [0.25, 0.3) is 0 Å². The Kier molecular flexibility index (Phi) is 5.16. The van der Waals surface area contributed by atoms with Gasteiger partial charge in [0, 0.05) is 18.7 Å². The maximum absolute atomic E-state index is 11.4. The molecule has 22 heavy (non-hydrogen) atoms. The monoisotopic (exact) mass is 322 g/mol. The molecule has 0 aromatic heterocycles. The van der Waals surface area contributed by atoms with Crippen LogP contribution in [0.5, 0.6) is 5.75 Å². The number of carbonyl (C=O) groups is 1. The van der Waals surface area contributed by atoms with Gasteiger partial charge in [0.1, 0.15) is 18.1 Å². The molecule has 1 aliphatic rings.